The van der Waals surface area contributed by atoms with Crippen LogP contribution in [0.3, 0.4) is 0 Å². The van der Waals surface area contributed by atoms with Gasteiger partial charge in [0.05, 0.1) is 25.5 Å². The van der Waals surface area contributed by atoms with Crippen LogP contribution >= 0.6 is 0 Å². The highest BCUT2D eigenvalue weighted by atomic mass is 19.4. The number of carbonyl (C=O) groups is 1. The van der Waals surface area contributed by atoms with Crippen LogP contribution in [0.4, 0.5) is 13.2 Å². The fourth-order valence-corrected chi connectivity index (χ4v) is 3.36. The molecule has 2 aromatic rings. The molecule has 202 valence electrons. The van der Waals surface area contributed by atoms with E-state index in [9.17, 15) is 28.2 Å². The summed E-state index contributed by atoms with van der Waals surface area (Å²) in [7, 11) is 1.34. The molecule has 7 nitrogen and oxygen atoms in total. The minimum absolute atomic E-state index is 0.00156. The zero-order chi connectivity index (χ0) is 27.8. The molecular weight excluding hydrogens is 477 g/mol. The number of aliphatic hydroxyl groups excluding tert-OH is 1. The lowest BCUT2D eigenvalue weighted by Crippen LogP contribution is -2.51. The van der Waals surface area contributed by atoms with Crippen LogP contribution in [0.15, 0.2) is 24.3 Å². The molecule has 2 unspecified atom stereocenters. The normalized spacial score (nSPS) is 13.8. The third-order valence-electron chi connectivity index (χ3n) is 5.48. The van der Waals surface area contributed by atoms with E-state index in [-0.39, 0.29) is 29.6 Å². The number of halogens is 3. The number of aryl methyl sites for hydroxylation is 1. The van der Waals surface area contributed by atoms with Crippen LogP contribution in [-0.4, -0.2) is 53.6 Å². The summed E-state index contributed by atoms with van der Waals surface area (Å²) in [6.07, 6.45) is -5.83. The molecule has 1 aromatic heterocycles. The molecule has 1 aromatic carbocycles. The predicted octanol–water partition coefficient (Wildman–Crippen LogP) is 4.80. The van der Waals surface area contributed by atoms with Crippen molar-refractivity contribution >= 4 is 5.91 Å². The van der Waals surface area contributed by atoms with Gasteiger partial charge in [-0.2, -0.15) is 13.2 Å². The summed E-state index contributed by atoms with van der Waals surface area (Å²) in [5, 5.41) is 22.3. The van der Waals surface area contributed by atoms with Crippen molar-refractivity contribution in [1.29, 1.82) is 0 Å². The minimum Gasteiger partial charge on any atom is -0.493 e. The number of rotatable bonds is 9. The van der Waals surface area contributed by atoms with Gasteiger partial charge < -0.3 is 25.0 Å². The van der Waals surface area contributed by atoms with E-state index in [1.807, 2.05) is 27.7 Å². The number of aliphatic hydroxyl groups is 2. The lowest BCUT2D eigenvalue weighted by Gasteiger charge is -2.31. The molecule has 0 spiro atoms. The van der Waals surface area contributed by atoms with E-state index in [0.29, 0.717) is 11.3 Å². The third-order valence-corrected chi connectivity index (χ3v) is 5.48. The average Bonchev–Trinajstić information content (AvgIpc) is 2.82. The van der Waals surface area contributed by atoms with Crippen molar-refractivity contribution in [2.24, 2.45) is 0 Å². The molecule has 0 aliphatic rings. The molecule has 0 aliphatic carbocycles. The molecule has 1 amide bonds. The molecule has 0 radical (unpaired) electrons. The van der Waals surface area contributed by atoms with E-state index >= 15 is 0 Å². The highest BCUT2D eigenvalue weighted by Crippen LogP contribution is 2.39. The fraction of sp³-hybridized carbons (Fsp3) is 0.538. The molecule has 3 N–H and O–H groups in total. The summed E-state index contributed by atoms with van der Waals surface area (Å²) >= 11 is 0. The number of pyridine rings is 1. The topological polar surface area (TPSA) is 101 Å². The van der Waals surface area contributed by atoms with Gasteiger partial charge in [-0.3, -0.25) is 9.78 Å². The van der Waals surface area contributed by atoms with Crippen molar-refractivity contribution in [2.45, 2.75) is 72.3 Å². The Morgan fingerprint density at radius 1 is 1.11 bits per heavy atom. The van der Waals surface area contributed by atoms with E-state index in [0.717, 1.165) is 5.56 Å². The maximum absolute atomic E-state index is 14.0. The molecule has 1 heterocycles. The number of amides is 1. The Morgan fingerprint density at radius 2 is 1.72 bits per heavy atom. The zero-order valence-corrected chi connectivity index (χ0v) is 22.1. The molecule has 0 saturated heterocycles. The number of carbonyl (C=O) groups excluding carboxylic acids is 1. The monoisotopic (exact) mass is 514 g/mol. The molecule has 10 heteroatoms. The number of hydrogen-bond donors (Lipinski definition) is 3. The number of benzene rings is 1. The SMILES string of the molecule is CC.COc1cc(C(=O)NCC(O)(c2cc(C(C)C)c(C)c(C)n2)C(F)(F)F)ccc1OCC(C)O. The summed E-state index contributed by atoms with van der Waals surface area (Å²) in [5.41, 5.74) is -2.22. The summed E-state index contributed by atoms with van der Waals surface area (Å²) in [6, 6.07) is 5.29. The van der Waals surface area contributed by atoms with Gasteiger partial charge in [0.25, 0.3) is 5.91 Å². The first-order valence-electron chi connectivity index (χ1n) is 11.8. The lowest BCUT2D eigenvalue weighted by atomic mass is 9.90. The summed E-state index contributed by atoms with van der Waals surface area (Å²) in [6.45, 7) is 11.4. The smallest absolute Gasteiger partial charge is 0.424 e. The van der Waals surface area contributed by atoms with Crippen molar-refractivity contribution in [3.63, 3.8) is 0 Å². The second-order valence-corrected chi connectivity index (χ2v) is 8.53. The largest absolute Gasteiger partial charge is 0.493 e. The molecule has 0 fully saturated rings. The highest BCUT2D eigenvalue weighted by molar-refractivity contribution is 5.95. The van der Waals surface area contributed by atoms with Crippen LogP contribution in [0.2, 0.25) is 0 Å². The maximum Gasteiger partial charge on any atom is 0.424 e. The second-order valence-electron chi connectivity index (χ2n) is 8.53. The zero-order valence-electron chi connectivity index (χ0n) is 22.1. The van der Waals surface area contributed by atoms with E-state index in [4.69, 9.17) is 9.47 Å². The Balaban J connectivity index is 0.00000316. The van der Waals surface area contributed by atoms with Gasteiger partial charge in [-0.15, -0.1) is 0 Å². The number of aromatic nitrogens is 1. The van der Waals surface area contributed by atoms with Gasteiger partial charge in [0.15, 0.2) is 11.5 Å². The quantitative estimate of drug-likeness (QED) is 0.445. The first-order valence-corrected chi connectivity index (χ1v) is 11.8. The molecule has 36 heavy (non-hydrogen) atoms. The summed E-state index contributed by atoms with van der Waals surface area (Å²) < 4.78 is 52.7. The molecular formula is C26H37F3N2O5. The minimum atomic E-state index is -5.10. The van der Waals surface area contributed by atoms with Gasteiger partial charge in [-0.05, 0) is 62.1 Å². The maximum atomic E-state index is 14.0. The van der Waals surface area contributed by atoms with E-state index in [2.05, 4.69) is 10.3 Å². The Kier molecular flexibility index (Phi) is 11.2. The Hall–Kier alpha value is -2.85. The number of nitrogens with one attached hydrogen (secondary N) is 1. The van der Waals surface area contributed by atoms with E-state index < -0.39 is 36.0 Å². The van der Waals surface area contributed by atoms with Crippen LogP contribution < -0.4 is 14.8 Å². The standard InChI is InChI=1S/C24H31F3N2O5.C2H6/c1-13(2)18-10-21(29-16(5)15(18)4)23(32,24(25,26)27)12-28-22(31)17-7-8-19(20(9-17)33-6)34-11-14(3)30;1-2/h7-10,13-14,30,32H,11-12H2,1-6H3,(H,28,31);1-2H3. The highest BCUT2D eigenvalue weighted by Gasteiger charge is 2.56. The van der Waals surface area contributed by atoms with Gasteiger partial charge >= 0.3 is 6.18 Å². The van der Waals surface area contributed by atoms with Crippen LogP contribution in [0, 0.1) is 13.8 Å². The van der Waals surface area contributed by atoms with Gasteiger partial charge in [0.2, 0.25) is 5.60 Å². The number of nitrogens with zero attached hydrogens (tertiary/aromatic N) is 1. The average molecular weight is 515 g/mol. The van der Waals surface area contributed by atoms with Gasteiger partial charge in [0, 0.05) is 11.3 Å². The van der Waals surface area contributed by atoms with E-state index in [1.165, 1.54) is 38.3 Å². The van der Waals surface area contributed by atoms with Crippen molar-refractivity contribution in [2.75, 3.05) is 20.3 Å². The van der Waals surface area contributed by atoms with Crippen LogP contribution in [-0.2, 0) is 5.60 Å². The number of ether oxygens (including phenoxy) is 2. The van der Waals surface area contributed by atoms with Crippen molar-refractivity contribution in [3.05, 3.63) is 52.3 Å². The molecule has 0 aliphatic heterocycles. The Labute approximate surface area is 210 Å². The predicted molar refractivity (Wildman–Crippen MR) is 132 cm³/mol. The van der Waals surface area contributed by atoms with Crippen LogP contribution in [0.1, 0.15) is 73.4 Å². The second kappa shape index (κ2) is 12.9. The van der Waals surface area contributed by atoms with Gasteiger partial charge in [0.1, 0.15) is 6.61 Å². The first kappa shape index (κ1) is 31.2. The number of methoxy groups -OCH3 is 1. The fourth-order valence-electron chi connectivity index (χ4n) is 3.36. The number of hydrogen-bond acceptors (Lipinski definition) is 6. The molecule has 2 atom stereocenters. The molecule has 2 rings (SSSR count). The first-order chi connectivity index (χ1) is 16.7. The summed E-state index contributed by atoms with van der Waals surface area (Å²) in [5.74, 6) is -0.519. The van der Waals surface area contributed by atoms with Crippen molar-refractivity contribution in [3.8, 4) is 11.5 Å². The lowest BCUT2D eigenvalue weighted by molar-refractivity contribution is -0.265. The Bertz CT molecular complexity index is 1030. The van der Waals surface area contributed by atoms with E-state index in [1.54, 1.807) is 13.8 Å². The van der Waals surface area contributed by atoms with Crippen LogP contribution in [0.25, 0.3) is 0 Å². The molecule has 0 saturated carbocycles. The summed E-state index contributed by atoms with van der Waals surface area (Å²) in [4.78, 5) is 16.6. The van der Waals surface area contributed by atoms with Gasteiger partial charge in [-0.1, -0.05) is 27.7 Å². The third kappa shape index (κ3) is 7.33. The van der Waals surface area contributed by atoms with Crippen molar-refractivity contribution in [1.82, 2.24) is 10.3 Å². The van der Waals surface area contributed by atoms with Crippen LogP contribution in [0.5, 0.6) is 11.5 Å². The van der Waals surface area contributed by atoms with Crippen molar-refractivity contribution < 1.29 is 37.7 Å². The molecule has 0 bridgehead atoms. The van der Waals surface area contributed by atoms with Gasteiger partial charge in [-0.25, -0.2) is 0 Å². The Morgan fingerprint density at radius 3 is 2.22 bits per heavy atom. The number of alkyl halides is 3.